The third-order valence-corrected chi connectivity index (χ3v) is 3.62. The smallest absolute Gasteiger partial charge is 0.169 e. The summed E-state index contributed by atoms with van der Waals surface area (Å²) in [6.07, 6.45) is 5.56. The fraction of sp³-hybridized carbons (Fsp3) is 0.917. The van der Waals surface area contributed by atoms with Crippen LogP contribution >= 0.6 is 12.2 Å². The predicted molar refractivity (Wildman–Crippen MR) is 69.5 cm³/mol. The standard InChI is InChI=1S/C12H22N2OS/c1-15-7-6-13-12(16)14(8-10-2-3-10)9-11-4-5-11/h10-11H,2-9H2,1H3,(H,13,16). The fourth-order valence-electron chi connectivity index (χ4n) is 1.84. The zero-order valence-corrected chi connectivity index (χ0v) is 10.9. The van der Waals surface area contributed by atoms with Crippen LogP contribution in [0.1, 0.15) is 25.7 Å². The van der Waals surface area contributed by atoms with Crippen molar-refractivity contribution in [3.63, 3.8) is 0 Å². The summed E-state index contributed by atoms with van der Waals surface area (Å²) in [6.45, 7) is 3.87. The Labute approximate surface area is 104 Å². The molecule has 3 nitrogen and oxygen atoms in total. The lowest BCUT2D eigenvalue weighted by molar-refractivity contribution is 0.202. The highest BCUT2D eigenvalue weighted by Crippen LogP contribution is 2.33. The molecule has 0 aromatic carbocycles. The first-order chi connectivity index (χ1) is 7.79. The van der Waals surface area contributed by atoms with E-state index in [4.69, 9.17) is 17.0 Å². The number of hydrogen-bond acceptors (Lipinski definition) is 2. The fourth-order valence-corrected chi connectivity index (χ4v) is 2.09. The van der Waals surface area contributed by atoms with E-state index >= 15 is 0 Å². The summed E-state index contributed by atoms with van der Waals surface area (Å²) in [5.41, 5.74) is 0. The highest BCUT2D eigenvalue weighted by molar-refractivity contribution is 7.80. The van der Waals surface area contributed by atoms with Crippen molar-refractivity contribution >= 4 is 17.3 Å². The van der Waals surface area contributed by atoms with Crippen LogP contribution < -0.4 is 5.32 Å². The van der Waals surface area contributed by atoms with Crippen LogP contribution in [0.4, 0.5) is 0 Å². The van der Waals surface area contributed by atoms with Gasteiger partial charge in [0, 0.05) is 26.7 Å². The topological polar surface area (TPSA) is 24.5 Å². The first-order valence-corrected chi connectivity index (χ1v) is 6.72. The average molecular weight is 242 g/mol. The van der Waals surface area contributed by atoms with Gasteiger partial charge in [-0.25, -0.2) is 0 Å². The lowest BCUT2D eigenvalue weighted by atomic mass is 10.3. The maximum absolute atomic E-state index is 5.44. The molecule has 2 fully saturated rings. The van der Waals surface area contributed by atoms with Gasteiger partial charge in [0.1, 0.15) is 0 Å². The molecule has 2 rings (SSSR count). The molecule has 2 saturated carbocycles. The Morgan fingerprint density at radius 2 is 1.81 bits per heavy atom. The average Bonchev–Trinajstić information content (AvgIpc) is 3.11. The molecule has 0 aliphatic heterocycles. The van der Waals surface area contributed by atoms with Gasteiger partial charge in [-0.1, -0.05) is 0 Å². The number of methoxy groups -OCH3 is 1. The zero-order chi connectivity index (χ0) is 11.4. The third kappa shape index (κ3) is 4.26. The van der Waals surface area contributed by atoms with Crippen molar-refractivity contribution < 1.29 is 4.74 Å². The molecular weight excluding hydrogens is 220 g/mol. The Morgan fingerprint density at radius 3 is 2.25 bits per heavy atom. The largest absolute Gasteiger partial charge is 0.383 e. The number of hydrogen-bond donors (Lipinski definition) is 1. The number of ether oxygens (including phenoxy) is 1. The minimum atomic E-state index is 0.723. The van der Waals surface area contributed by atoms with E-state index in [1.807, 2.05) is 0 Å². The molecule has 0 amide bonds. The van der Waals surface area contributed by atoms with E-state index in [0.29, 0.717) is 0 Å². The maximum atomic E-state index is 5.44. The Morgan fingerprint density at radius 1 is 1.25 bits per heavy atom. The maximum Gasteiger partial charge on any atom is 0.169 e. The SMILES string of the molecule is COCCNC(=S)N(CC1CC1)CC1CC1. The summed E-state index contributed by atoms with van der Waals surface area (Å²) < 4.78 is 5.02. The summed E-state index contributed by atoms with van der Waals surface area (Å²) in [5.74, 6) is 1.81. The molecule has 0 atom stereocenters. The van der Waals surface area contributed by atoms with Gasteiger partial charge in [0.05, 0.1) is 6.61 Å². The molecule has 0 aromatic rings. The number of thiocarbonyl (C=S) groups is 1. The van der Waals surface area contributed by atoms with E-state index < -0.39 is 0 Å². The van der Waals surface area contributed by atoms with Gasteiger partial charge in [0.25, 0.3) is 0 Å². The minimum absolute atomic E-state index is 0.723. The molecule has 0 spiro atoms. The van der Waals surface area contributed by atoms with Crippen molar-refractivity contribution in [1.29, 1.82) is 0 Å². The van der Waals surface area contributed by atoms with E-state index in [-0.39, 0.29) is 0 Å². The van der Waals surface area contributed by atoms with Gasteiger partial charge in [-0.2, -0.15) is 0 Å². The minimum Gasteiger partial charge on any atom is -0.383 e. The van der Waals surface area contributed by atoms with E-state index in [2.05, 4.69) is 10.2 Å². The van der Waals surface area contributed by atoms with Gasteiger partial charge >= 0.3 is 0 Å². The predicted octanol–water partition coefficient (Wildman–Crippen LogP) is 1.63. The molecule has 0 saturated heterocycles. The Hall–Kier alpha value is -0.350. The second-order valence-electron chi connectivity index (χ2n) is 5.02. The molecule has 4 heteroatoms. The third-order valence-electron chi connectivity index (χ3n) is 3.22. The van der Waals surface area contributed by atoms with Crippen molar-refractivity contribution in [2.45, 2.75) is 25.7 Å². The van der Waals surface area contributed by atoms with Crippen molar-refractivity contribution in [2.24, 2.45) is 11.8 Å². The van der Waals surface area contributed by atoms with Crippen molar-refractivity contribution in [3.8, 4) is 0 Å². The lowest BCUT2D eigenvalue weighted by Crippen LogP contribution is -2.43. The van der Waals surface area contributed by atoms with Crippen LogP contribution in [0.15, 0.2) is 0 Å². The molecule has 2 aliphatic carbocycles. The number of nitrogens with zero attached hydrogens (tertiary/aromatic N) is 1. The van der Waals surface area contributed by atoms with E-state index in [0.717, 1.165) is 43.2 Å². The highest BCUT2D eigenvalue weighted by atomic mass is 32.1. The molecular formula is C12H22N2OS. The molecule has 0 radical (unpaired) electrons. The Kier molecular flexibility index (Phi) is 4.41. The van der Waals surface area contributed by atoms with Crippen molar-refractivity contribution in [2.75, 3.05) is 33.4 Å². The van der Waals surface area contributed by atoms with Crippen LogP contribution in [0.5, 0.6) is 0 Å². The summed E-state index contributed by atoms with van der Waals surface area (Å²) in [6, 6.07) is 0. The first kappa shape index (κ1) is 12.1. The van der Waals surface area contributed by atoms with E-state index in [1.165, 1.54) is 25.7 Å². The molecule has 16 heavy (non-hydrogen) atoms. The van der Waals surface area contributed by atoms with Crippen molar-refractivity contribution in [1.82, 2.24) is 10.2 Å². The van der Waals surface area contributed by atoms with Crippen molar-refractivity contribution in [3.05, 3.63) is 0 Å². The van der Waals surface area contributed by atoms with Crippen LogP contribution in [0.2, 0.25) is 0 Å². The highest BCUT2D eigenvalue weighted by Gasteiger charge is 2.30. The summed E-state index contributed by atoms with van der Waals surface area (Å²) >= 11 is 5.44. The zero-order valence-electron chi connectivity index (χ0n) is 10.1. The van der Waals surface area contributed by atoms with E-state index in [1.54, 1.807) is 7.11 Å². The second-order valence-corrected chi connectivity index (χ2v) is 5.40. The van der Waals surface area contributed by atoms with Gasteiger partial charge < -0.3 is 15.0 Å². The van der Waals surface area contributed by atoms with Crippen LogP contribution in [0.3, 0.4) is 0 Å². The second kappa shape index (κ2) is 5.82. The normalized spacial score (nSPS) is 19.6. The van der Waals surface area contributed by atoms with Gasteiger partial charge in [0.15, 0.2) is 5.11 Å². The van der Waals surface area contributed by atoms with Gasteiger partial charge in [-0.15, -0.1) is 0 Å². The Bertz CT molecular complexity index is 225. The molecule has 0 heterocycles. The quantitative estimate of drug-likeness (QED) is 0.542. The molecule has 0 bridgehead atoms. The van der Waals surface area contributed by atoms with Gasteiger partial charge in [-0.3, -0.25) is 0 Å². The van der Waals surface area contributed by atoms with Crippen LogP contribution in [0, 0.1) is 11.8 Å². The molecule has 92 valence electrons. The van der Waals surface area contributed by atoms with Crippen LogP contribution in [0.25, 0.3) is 0 Å². The van der Waals surface area contributed by atoms with E-state index in [9.17, 15) is 0 Å². The Balaban J connectivity index is 1.71. The van der Waals surface area contributed by atoms with Gasteiger partial charge in [-0.05, 0) is 49.7 Å². The molecule has 2 aliphatic rings. The summed E-state index contributed by atoms with van der Waals surface area (Å²) in [5, 5.41) is 4.21. The first-order valence-electron chi connectivity index (χ1n) is 6.31. The number of rotatable bonds is 7. The van der Waals surface area contributed by atoms with Crippen LogP contribution in [-0.4, -0.2) is 43.4 Å². The monoisotopic (exact) mass is 242 g/mol. The molecule has 0 aromatic heterocycles. The molecule has 0 unspecified atom stereocenters. The summed E-state index contributed by atoms with van der Waals surface area (Å²) in [4.78, 5) is 2.38. The molecule has 1 N–H and O–H groups in total. The number of nitrogens with one attached hydrogen (secondary N) is 1. The van der Waals surface area contributed by atoms with Crippen LogP contribution in [-0.2, 0) is 4.74 Å². The lowest BCUT2D eigenvalue weighted by Gasteiger charge is -2.25. The van der Waals surface area contributed by atoms with Gasteiger partial charge in [0.2, 0.25) is 0 Å². The summed E-state index contributed by atoms with van der Waals surface area (Å²) in [7, 11) is 1.72.